The minimum atomic E-state index is -3.77. The van der Waals surface area contributed by atoms with Crippen molar-refractivity contribution in [3.05, 3.63) is 45.9 Å². The minimum absolute atomic E-state index is 0.0928. The molecule has 138 valence electrons. The topological polar surface area (TPSA) is 83.4 Å². The summed E-state index contributed by atoms with van der Waals surface area (Å²) >= 11 is 9.07. The Hall–Kier alpha value is -1.73. The zero-order valence-corrected chi connectivity index (χ0v) is 16.9. The van der Waals surface area contributed by atoms with Crippen molar-refractivity contribution >= 4 is 50.7 Å². The Morgan fingerprint density at radius 1 is 1.38 bits per heavy atom. The quantitative estimate of drug-likeness (QED) is 0.292. The van der Waals surface area contributed by atoms with E-state index in [0.717, 1.165) is 16.5 Å². The number of hydrogen-bond donors (Lipinski definition) is 2. The number of benzene rings is 1. The van der Waals surface area contributed by atoms with Crippen molar-refractivity contribution in [2.75, 3.05) is 18.8 Å². The van der Waals surface area contributed by atoms with Gasteiger partial charge in [-0.3, -0.25) is 4.99 Å². The zero-order valence-electron chi connectivity index (χ0n) is 13.7. The van der Waals surface area contributed by atoms with Crippen LogP contribution in [-0.4, -0.2) is 38.2 Å². The first-order valence-corrected chi connectivity index (χ1v) is 11.4. The first-order chi connectivity index (χ1) is 12.5. The molecular formula is C16H17ClN4O2S3. The summed E-state index contributed by atoms with van der Waals surface area (Å²) in [5, 5.41) is 6.23. The number of halogens is 1. The van der Waals surface area contributed by atoms with Gasteiger partial charge in [-0.25, -0.2) is 18.1 Å². The SMILES string of the molecule is C#CCN/C(=N/CCSCc1nccs1)NS(=O)(=O)c1ccc(Cl)cc1. The highest BCUT2D eigenvalue weighted by molar-refractivity contribution is 7.98. The van der Waals surface area contributed by atoms with E-state index in [1.165, 1.54) is 24.3 Å². The van der Waals surface area contributed by atoms with Crippen molar-refractivity contribution in [3.8, 4) is 12.3 Å². The predicted octanol–water partition coefficient (Wildman–Crippen LogP) is 2.59. The summed E-state index contributed by atoms with van der Waals surface area (Å²) in [4.78, 5) is 8.56. The lowest BCUT2D eigenvalue weighted by Crippen LogP contribution is -2.41. The Kier molecular flexibility index (Phi) is 8.25. The number of sulfonamides is 1. The summed E-state index contributed by atoms with van der Waals surface area (Å²) in [7, 11) is -3.77. The summed E-state index contributed by atoms with van der Waals surface area (Å²) in [5.41, 5.74) is 0. The van der Waals surface area contributed by atoms with Gasteiger partial charge in [0.15, 0.2) is 0 Å². The molecule has 1 aromatic carbocycles. The maximum Gasteiger partial charge on any atom is 0.264 e. The largest absolute Gasteiger partial charge is 0.345 e. The van der Waals surface area contributed by atoms with Gasteiger partial charge in [0.1, 0.15) is 5.01 Å². The predicted molar refractivity (Wildman–Crippen MR) is 109 cm³/mol. The van der Waals surface area contributed by atoms with Crippen LogP contribution in [0, 0.1) is 12.3 Å². The normalized spacial score (nSPS) is 11.8. The third-order valence-electron chi connectivity index (χ3n) is 2.93. The lowest BCUT2D eigenvalue weighted by molar-refractivity contribution is 0.591. The summed E-state index contributed by atoms with van der Waals surface area (Å²) in [6.07, 6.45) is 7.00. The standard InChI is InChI=1S/C16H17ClN4O2S3/c1-2-7-19-16(20-8-10-24-12-15-18-9-11-25-15)21-26(22,23)14-5-3-13(17)4-6-14/h1,3-6,9,11H,7-8,10,12H2,(H2,19,20,21). The molecule has 0 aliphatic heterocycles. The van der Waals surface area contributed by atoms with Crippen LogP contribution < -0.4 is 10.0 Å². The molecule has 0 bridgehead atoms. The highest BCUT2D eigenvalue weighted by Crippen LogP contribution is 2.15. The first-order valence-electron chi connectivity index (χ1n) is 7.47. The molecule has 26 heavy (non-hydrogen) atoms. The van der Waals surface area contributed by atoms with Crippen LogP contribution in [0.15, 0.2) is 45.7 Å². The zero-order chi connectivity index (χ0) is 18.8. The lowest BCUT2D eigenvalue weighted by atomic mass is 10.4. The number of thioether (sulfide) groups is 1. The molecule has 0 radical (unpaired) electrons. The molecule has 2 aromatic rings. The molecule has 0 fully saturated rings. The Balaban J connectivity index is 1.94. The molecule has 0 saturated heterocycles. The average Bonchev–Trinajstić information content (AvgIpc) is 3.12. The van der Waals surface area contributed by atoms with E-state index in [1.54, 1.807) is 29.3 Å². The van der Waals surface area contributed by atoms with Crippen molar-refractivity contribution in [2.24, 2.45) is 4.99 Å². The highest BCUT2D eigenvalue weighted by Gasteiger charge is 2.16. The van der Waals surface area contributed by atoms with E-state index < -0.39 is 10.0 Å². The van der Waals surface area contributed by atoms with Gasteiger partial charge in [0, 0.05) is 28.1 Å². The van der Waals surface area contributed by atoms with Gasteiger partial charge in [-0.15, -0.1) is 17.8 Å². The van der Waals surface area contributed by atoms with Crippen LogP contribution in [0.5, 0.6) is 0 Å². The summed E-state index contributed by atoms with van der Waals surface area (Å²) in [6.45, 7) is 0.598. The van der Waals surface area contributed by atoms with Gasteiger partial charge >= 0.3 is 0 Å². The van der Waals surface area contributed by atoms with E-state index in [1.807, 2.05) is 5.38 Å². The smallest absolute Gasteiger partial charge is 0.264 e. The third kappa shape index (κ3) is 6.88. The van der Waals surface area contributed by atoms with E-state index in [0.29, 0.717) is 11.6 Å². The van der Waals surface area contributed by atoms with Crippen LogP contribution in [0.2, 0.25) is 5.02 Å². The molecule has 10 heteroatoms. The van der Waals surface area contributed by atoms with Crippen LogP contribution in [0.3, 0.4) is 0 Å². The number of thiazole rings is 1. The second kappa shape index (κ2) is 10.4. The molecule has 2 rings (SSSR count). The Bertz CT molecular complexity index is 860. The molecular weight excluding hydrogens is 412 g/mol. The number of guanidine groups is 1. The number of hydrogen-bond acceptors (Lipinski definition) is 6. The van der Waals surface area contributed by atoms with Crippen LogP contribution in [-0.2, 0) is 15.8 Å². The third-order valence-corrected chi connectivity index (χ3v) is 6.45. The molecule has 0 aliphatic rings. The number of terminal acetylenes is 1. The van der Waals surface area contributed by atoms with Gasteiger partial charge in [0.05, 0.1) is 18.0 Å². The number of aliphatic imine (C=N–C) groups is 1. The fraction of sp³-hybridized carbons (Fsp3) is 0.250. The Morgan fingerprint density at radius 2 is 2.15 bits per heavy atom. The lowest BCUT2D eigenvalue weighted by Gasteiger charge is -2.11. The Labute approximate surface area is 166 Å². The highest BCUT2D eigenvalue weighted by atomic mass is 35.5. The van der Waals surface area contributed by atoms with Gasteiger partial charge in [-0.2, -0.15) is 11.8 Å². The van der Waals surface area contributed by atoms with Crippen molar-refractivity contribution in [1.29, 1.82) is 0 Å². The summed E-state index contributed by atoms with van der Waals surface area (Å²) in [6, 6.07) is 5.87. The monoisotopic (exact) mass is 428 g/mol. The van der Waals surface area contributed by atoms with E-state index >= 15 is 0 Å². The molecule has 0 unspecified atom stereocenters. The van der Waals surface area contributed by atoms with Crippen LogP contribution in [0.25, 0.3) is 0 Å². The second-order valence-electron chi connectivity index (χ2n) is 4.83. The molecule has 2 N–H and O–H groups in total. The molecule has 0 atom stereocenters. The summed E-state index contributed by atoms with van der Waals surface area (Å²) in [5.74, 6) is 4.04. The fourth-order valence-corrected chi connectivity index (χ4v) is 4.43. The van der Waals surface area contributed by atoms with Crippen LogP contribution in [0.1, 0.15) is 5.01 Å². The van der Waals surface area contributed by atoms with Gasteiger partial charge in [0.2, 0.25) is 5.96 Å². The number of nitrogens with zero attached hydrogens (tertiary/aromatic N) is 2. The van der Waals surface area contributed by atoms with Crippen LogP contribution in [0.4, 0.5) is 0 Å². The molecule has 0 spiro atoms. The number of aromatic nitrogens is 1. The minimum Gasteiger partial charge on any atom is -0.345 e. The Morgan fingerprint density at radius 3 is 2.81 bits per heavy atom. The molecule has 1 aromatic heterocycles. The van der Waals surface area contributed by atoms with E-state index in [9.17, 15) is 8.42 Å². The van der Waals surface area contributed by atoms with Crippen molar-refractivity contribution in [3.63, 3.8) is 0 Å². The van der Waals surface area contributed by atoms with E-state index in [2.05, 4.69) is 25.9 Å². The van der Waals surface area contributed by atoms with Crippen molar-refractivity contribution < 1.29 is 8.42 Å². The van der Waals surface area contributed by atoms with Gasteiger partial charge < -0.3 is 5.32 Å². The molecule has 1 heterocycles. The van der Waals surface area contributed by atoms with Gasteiger partial charge in [-0.05, 0) is 24.3 Å². The fourth-order valence-electron chi connectivity index (χ4n) is 1.76. The number of rotatable bonds is 8. The maximum atomic E-state index is 12.4. The second-order valence-corrected chi connectivity index (χ2v) is 9.03. The number of nitrogens with one attached hydrogen (secondary N) is 2. The van der Waals surface area contributed by atoms with Gasteiger partial charge in [0.25, 0.3) is 10.0 Å². The summed E-state index contributed by atoms with van der Waals surface area (Å²) < 4.78 is 27.3. The first kappa shape index (κ1) is 20.6. The van der Waals surface area contributed by atoms with Gasteiger partial charge in [-0.1, -0.05) is 17.5 Å². The average molecular weight is 429 g/mol. The molecule has 0 aliphatic carbocycles. The van der Waals surface area contributed by atoms with E-state index in [4.69, 9.17) is 18.0 Å². The maximum absolute atomic E-state index is 12.4. The molecule has 6 nitrogen and oxygen atoms in total. The molecule has 0 saturated carbocycles. The van der Waals surface area contributed by atoms with Crippen molar-refractivity contribution in [2.45, 2.75) is 10.6 Å². The van der Waals surface area contributed by atoms with E-state index in [-0.39, 0.29) is 17.4 Å². The van der Waals surface area contributed by atoms with Crippen molar-refractivity contribution in [1.82, 2.24) is 15.0 Å². The van der Waals surface area contributed by atoms with Crippen LogP contribution >= 0.6 is 34.7 Å². The molecule has 0 amide bonds.